The molecular formula is C24H23N5O4S. The number of nitrogens with zero attached hydrogens (tertiary/aromatic N) is 2. The van der Waals surface area contributed by atoms with Crippen LogP contribution in [0.1, 0.15) is 11.3 Å². The summed E-state index contributed by atoms with van der Waals surface area (Å²) < 4.78 is 29.8. The summed E-state index contributed by atoms with van der Waals surface area (Å²) in [5, 5.41) is 4.02. The molecule has 4 rings (SSSR count). The highest BCUT2D eigenvalue weighted by Gasteiger charge is 2.20. The predicted molar refractivity (Wildman–Crippen MR) is 131 cm³/mol. The average Bonchev–Trinajstić information content (AvgIpc) is 2.83. The molecule has 0 atom stereocenters. The Morgan fingerprint density at radius 2 is 1.79 bits per heavy atom. The van der Waals surface area contributed by atoms with Crippen LogP contribution < -0.4 is 21.3 Å². The number of amides is 1. The lowest BCUT2D eigenvalue weighted by Crippen LogP contribution is -2.34. The molecule has 0 saturated carbocycles. The van der Waals surface area contributed by atoms with E-state index in [2.05, 4.69) is 15.0 Å². The maximum Gasteiger partial charge on any atom is 0.275 e. The Morgan fingerprint density at radius 3 is 2.56 bits per heavy atom. The molecule has 0 aliphatic heterocycles. The summed E-state index contributed by atoms with van der Waals surface area (Å²) in [6, 6.07) is 18.4. The van der Waals surface area contributed by atoms with Crippen molar-refractivity contribution in [3.63, 3.8) is 0 Å². The molecule has 34 heavy (non-hydrogen) atoms. The van der Waals surface area contributed by atoms with Gasteiger partial charge in [-0.1, -0.05) is 42.5 Å². The summed E-state index contributed by atoms with van der Waals surface area (Å²) in [5.74, 6) is -0.0314. The fourth-order valence-corrected chi connectivity index (χ4v) is 4.80. The van der Waals surface area contributed by atoms with Crippen LogP contribution in [-0.4, -0.2) is 23.9 Å². The highest BCUT2D eigenvalue weighted by atomic mass is 32.2. The second-order valence-electron chi connectivity index (χ2n) is 7.73. The molecular weight excluding hydrogens is 454 g/mol. The van der Waals surface area contributed by atoms with Gasteiger partial charge >= 0.3 is 0 Å². The Bertz CT molecular complexity index is 1520. The topological polar surface area (TPSA) is 136 Å². The number of nitrogen functional groups attached to an aromatic ring is 1. The zero-order valence-electron chi connectivity index (χ0n) is 18.4. The van der Waals surface area contributed by atoms with Crippen molar-refractivity contribution < 1.29 is 13.2 Å². The largest absolute Gasteiger partial charge is 0.384 e. The molecule has 0 radical (unpaired) electrons. The van der Waals surface area contributed by atoms with Gasteiger partial charge in [0.05, 0.1) is 4.90 Å². The maximum absolute atomic E-state index is 13.1. The molecule has 10 heteroatoms. The standard InChI is InChI=1S/C24H23N5O4S/c1-16-9-11-20(28-34(32,33)21-8-4-6-18-5-2-3-7-19(18)21)24(31)29(16)15-23(30)27-14-17-10-12-22(25)26-13-17/h2-13,28H,14-15H2,1H3,(H2,25,26)(H,27,30). The van der Waals surface area contributed by atoms with Crippen molar-refractivity contribution in [3.05, 3.63) is 94.5 Å². The molecule has 2 aromatic heterocycles. The summed E-state index contributed by atoms with van der Waals surface area (Å²) in [6.07, 6.45) is 1.55. The van der Waals surface area contributed by atoms with Gasteiger partial charge in [-0.05, 0) is 42.1 Å². The number of aryl methyl sites for hydroxylation is 1. The van der Waals surface area contributed by atoms with Gasteiger partial charge in [-0.2, -0.15) is 0 Å². The molecule has 2 aromatic carbocycles. The van der Waals surface area contributed by atoms with Crippen LogP contribution in [0.4, 0.5) is 11.5 Å². The third-order valence-electron chi connectivity index (χ3n) is 5.32. The van der Waals surface area contributed by atoms with Crippen LogP contribution >= 0.6 is 0 Å². The van der Waals surface area contributed by atoms with Gasteiger partial charge in [0.1, 0.15) is 18.1 Å². The normalized spacial score (nSPS) is 11.3. The van der Waals surface area contributed by atoms with E-state index in [1.54, 1.807) is 49.5 Å². The molecule has 0 aliphatic carbocycles. The molecule has 0 fully saturated rings. The van der Waals surface area contributed by atoms with Crippen molar-refractivity contribution in [2.24, 2.45) is 0 Å². The van der Waals surface area contributed by atoms with Crippen molar-refractivity contribution in [3.8, 4) is 0 Å². The molecule has 0 aliphatic rings. The van der Waals surface area contributed by atoms with E-state index < -0.39 is 21.5 Å². The highest BCUT2D eigenvalue weighted by Crippen LogP contribution is 2.24. The fourth-order valence-electron chi connectivity index (χ4n) is 3.52. The Kier molecular flexibility index (Phi) is 6.33. The van der Waals surface area contributed by atoms with Gasteiger partial charge in [0.25, 0.3) is 15.6 Å². The van der Waals surface area contributed by atoms with E-state index in [1.807, 2.05) is 18.2 Å². The lowest BCUT2D eigenvalue weighted by molar-refractivity contribution is -0.121. The first kappa shape index (κ1) is 23.0. The lowest BCUT2D eigenvalue weighted by atomic mass is 10.1. The van der Waals surface area contributed by atoms with E-state index in [0.717, 1.165) is 10.9 Å². The summed E-state index contributed by atoms with van der Waals surface area (Å²) in [4.78, 5) is 29.5. The van der Waals surface area contributed by atoms with Crippen LogP contribution in [0.5, 0.6) is 0 Å². The number of hydrogen-bond acceptors (Lipinski definition) is 6. The van der Waals surface area contributed by atoms with Gasteiger partial charge in [0, 0.05) is 23.8 Å². The van der Waals surface area contributed by atoms with E-state index in [9.17, 15) is 18.0 Å². The highest BCUT2D eigenvalue weighted by molar-refractivity contribution is 7.93. The van der Waals surface area contributed by atoms with Crippen molar-refractivity contribution >= 4 is 38.2 Å². The van der Waals surface area contributed by atoms with Crippen LogP contribution in [-0.2, 0) is 27.9 Å². The first-order valence-corrected chi connectivity index (χ1v) is 11.9. The second-order valence-corrected chi connectivity index (χ2v) is 9.38. The van der Waals surface area contributed by atoms with Crippen LogP contribution in [0.15, 0.2) is 82.6 Å². The molecule has 0 saturated heterocycles. The van der Waals surface area contributed by atoms with Gasteiger partial charge in [-0.25, -0.2) is 13.4 Å². The number of hydrogen-bond donors (Lipinski definition) is 3. The van der Waals surface area contributed by atoms with Crippen LogP contribution in [0, 0.1) is 6.92 Å². The Morgan fingerprint density at radius 1 is 1.03 bits per heavy atom. The van der Waals surface area contributed by atoms with Crippen LogP contribution in [0.3, 0.4) is 0 Å². The van der Waals surface area contributed by atoms with Crippen molar-refractivity contribution in [1.82, 2.24) is 14.9 Å². The van der Waals surface area contributed by atoms with Crippen LogP contribution in [0.2, 0.25) is 0 Å². The smallest absolute Gasteiger partial charge is 0.275 e. The number of fused-ring (bicyclic) bond motifs is 1. The van der Waals surface area contributed by atoms with Gasteiger partial charge in [0.2, 0.25) is 5.91 Å². The second kappa shape index (κ2) is 9.36. The Hall–Kier alpha value is -4.18. The number of carbonyl (C=O) groups is 1. The van der Waals surface area contributed by atoms with E-state index in [1.165, 1.54) is 16.7 Å². The maximum atomic E-state index is 13.1. The first-order valence-electron chi connectivity index (χ1n) is 10.4. The minimum absolute atomic E-state index is 0.0620. The third-order valence-corrected chi connectivity index (χ3v) is 6.74. The molecule has 4 N–H and O–H groups in total. The summed E-state index contributed by atoms with van der Waals surface area (Å²) in [6.45, 7) is 1.62. The van der Waals surface area contributed by atoms with Crippen molar-refractivity contribution in [1.29, 1.82) is 0 Å². The summed E-state index contributed by atoms with van der Waals surface area (Å²) >= 11 is 0. The van der Waals surface area contributed by atoms with Gasteiger partial charge < -0.3 is 15.6 Å². The quantitative estimate of drug-likeness (QED) is 0.374. The number of carbonyl (C=O) groups excluding carboxylic acids is 1. The number of rotatable bonds is 7. The zero-order valence-corrected chi connectivity index (χ0v) is 19.2. The molecule has 1 amide bonds. The number of aromatic nitrogens is 2. The van der Waals surface area contributed by atoms with Crippen molar-refractivity contribution in [2.75, 3.05) is 10.5 Å². The lowest BCUT2D eigenvalue weighted by Gasteiger charge is -2.14. The SMILES string of the molecule is Cc1ccc(NS(=O)(=O)c2cccc3ccccc23)c(=O)n1CC(=O)NCc1ccc(N)nc1. The number of benzene rings is 2. The number of nitrogens with two attached hydrogens (primary N) is 1. The number of anilines is 2. The number of sulfonamides is 1. The average molecular weight is 478 g/mol. The molecule has 0 spiro atoms. The monoisotopic (exact) mass is 477 g/mol. The molecule has 0 bridgehead atoms. The third kappa shape index (κ3) is 4.91. The molecule has 0 unspecified atom stereocenters. The summed E-state index contributed by atoms with van der Waals surface area (Å²) in [7, 11) is -4.05. The van der Waals surface area contributed by atoms with Crippen molar-refractivity contribution in [2.45, 2.75) is 24.9 Å². The number of pyridine rings is 2. The van der Waals surface area contributed by atoms with Crippen LogP contribution in [0.25, 0.3) is 10.8 Å². The van der Waals surface area contributed by atoms with E-state index >= 15 is 0 Å². The predicted octanol–water partition coefficient (Wildman–Crippen LogP) is 2.40. The summed E-state index contributed by atoms with van der Waals surface area (Å²) in [5.41, 5.74) is 6.06. The van der Waals surface area contributed by atoms with Gasteiger partial charge in [0.15, 0.2) is 0 Å². The number of nitrogens with one attached hydrogen (secondary N) is 2. The zero-order chi connectivity index (χ0) is 24.3. The Labute approximate surface area is 196 Å². The Balaban J connectivity index is 1.55. The molecule has 2 heterocycles. The first-order chi connectivity index (χ1) is 16.2. The molecule has 9 nitrogen and oxygen atoms in total. The van der Waals surface area contributed by atoms with E-state index in [0.29, 0.717) is 16.9 Å². The van der Waals surface area contributed by atoms with E-state index in [4.69, 9.17) is 5.73 Å². The fraction of sp³-hybridized carbons (Fsp3) is 0.125. The molecule has 174 valence electrons. The van der Waals surface area contributed by atoms with E-state index in [-0.39, 0.29) is 23.7 Å². The minimum Gasteiger partial charge on any atom is -0.384 e. The minimum atomic E-state index is -4.05. The van der Waals surface area contributed by atoms with Gasteiger partial charge in [-0.3, -0.25) is 14.3 Å². The molecule has 4 aromatic rings. The van der Waals surface area contributed by atoms with Gasteiger partial charge in [-0.15, -0.1) is 0 Å².